The molecule has 0 saturated carbocycles. The molecule has 1 aliphatic rings. The van der Waals surface area contributed by atoms with Gasteiger partial charge in [-0.05, 0) is 19.4 Å². The monoisotopic (exact) mass is 244 g/mol. The molecule has 1 saturated heterocycles. The number of rotatable bonds is 8. The van der Waals surface area contributed by atoms with Crippen LogP contribution in [-0.2, 0) is 9.47 Å². The summed E-state index contributed by atoms with van der Waals surface area (Å²) in [6.07, 6.45) is 1.49. The van der Waals surface area contributed by atoms with Crippen molar-refractivity contribution in [3.05, 3.63) is 0 Å². The van der Waals surface area contributed by atoms with Crippen LogP contribution in [0.1, 0.15) is 20.3 Å². The number of nitrogens with zero attached hydrogens (tertiary/aromatic N) is 1. The number of hydrogen-bond acceptors (Lipinski definition) is 4. The number of nitrogens with one attached hydrogen (secondary N) is 1. The van der Waals surface area contributed by atoms with E-state index in [-0.39, 0.29) is 0 Å². The van der Waals surface area contributed by atoms with E-state index in [0.29, 0.717) is 6.10 Å². The molecule has 1 atom stereocenters. The zero-order valence-electron chi connectivity index (χ0n) is 11.6. The van der Waals surface area contributed by atoms with Crippen molar-refractivity contribution in [2.75, 3.05) is 53.0 Å². The van der Waals surface area contributed by atoms with Crippen molar-refractivity contribution in [1.82, 2.24) is 10.2 Å². The third-order valence-corrected chi connectivity index (χ3v) is 2.98. The van der Waals surface area contributed by atoms with Crippen LogP contribution in [0.25, 0.3) is 0 Å². The smallest absolute Gasteiger partial charge is 0.0826 e. The molecular formula is C13H28N2O2. The van der Waals surface area contributed by atoms with Crippen LogP contribution >= 0.6 is 0 Å². The topological polar surface area (TPSA) is 33.7 Å². The molecule has 1 aliphatic heterocycles. The quantitative estimate of drug-likeness (QED) is 0.645. The zero-order valence-corrected chi connectivity index (χ0v) is 11.6. The Morgan fingerprint density at radius 2 is 2.24 bits per heavy atom. The summed E-state index contributed by atoms with van der Waals surface area (Å²) in [5, 5.41) is 3.35. The molecule has 0 aromatic heterocycles. The molecule has 4 heteroatoms. The Hall–Kier alpha value is -0.160. The molecule has 1 unspecified atom stereocenters. The SMILES string of the molecule is CC(C)CCOCCN(C)CC1CNCCO1. The highest BCUT2D eigenvalue weighted by Gasteiger charge is 2.14. The van der Waals surface area contributed by atoms with Gasteiger partial charge in [0.25, 0.3) is 0 Å². The second-order valence-corrected chi connectivity index (χ2v) is 5.25. The third kappa shape index (κ3) is 7.71. The zero-order chi connectivity index (χ0) is 12.5. The molecule has 0 bridgehead atoms. The van der Waals surface area contributed by atoms with Gasteiger partial charge in [-0.15, -0.1) is 0 Å². The molecule has 0 spiro atoms. The Balaban J connectivity index is 1.95. The molecule has 1 fully saturated rings. The number of hydrogen-bond donors (Lipinski definition) is 1. The van der Waals surface area contributed by atoms with Gasteiger partial charge in [0.05, 0.1) is 19.3 Å². The van der Waals surface area contributed by atoms with Gasteiger partial charge in [-0.1, -0.05) is 13.8 Å². The number of likely N-dealkylation sites (N-methyl/N-ethyl adjacent to an activating group) is 1. The lowest BCUT2D eigenvalue weighted by atomic mass is 10.1. The Morgan fingerprint density at radius 3 is 2.88 bits per heavy atom. The fraction of sp³-hybridized carbons (Fsp3) is 1.00. The van der Waals surface area contributed by atoms with Gasteiger partial charge < -0.3 is 19.7 Å². The maximum atomic E-state index is 5.66. The van der Waals surface area contributed by atoms with Crippen molar-refractivity contribution in [1.29, 1.82) is 0 Å². The van der Waals surface area contributed by atoms with E-state index < -0.39 is 0 Å². The number of ether oxygens (including phenoxy) is 2. The predicted octanol–water partition coefficient (Wildman–Crippen LogP) is 0.969. The van der Waals surface area contributed by atoms with Crippen LogP contribution in [0.4, 0.5) is 0 Å². The van der Waals surface area contributed by atoms with E-state index in [0.717, 1.165) is 58.3 Å². The van der Waals surface area contributed by atoms with Gasteiger partial charge in [-0.2, -0.15) is 0 Å². The molecule has 1 rings (SSSR count). The highest BCUT2D eigenvalue weighted by atomic mass is 16.5. The average Bonchev–Trinajstić information content (AvgIpc) is 2.29. The summed E-state index contributed by atoms with van der Waals surface area (Å²) in [7, 11) is 2.13. The molecule has 0 amide bonds. The second-order valence-electron chi connectivity index (χ2n) is 5.25. The van der Waals surface area contributed by atoms with Crippen LogP contribution < -0.4 is 5.32 Å². The summed E-state index contributed by atoms with van der Waals surface area (Å²) in [5.74, 6) is 0.731. The van der Waals surface area contributed by atoms with Gasteiger partial charge in [-0.25, -0.2) is 0 Å². The molecule has 0 aliphatic carbocycles. The lowest BCUT2D eigenvalue weighted by Gasteiger charge is -2.27. The molecule has 0 aromatic carbocycles. The van der Waals surface area contributed by atoms with E-state index in [1.807, 2.05) is 0 Å². The van der Waals surface area contributed by atoms with Crippen LogP contribution in [0.5, 0.6) is 0 Å². The van der Waals surface area contributed by atoms with Crippen LogP contribution in [0.3, 0.4) is 0 Å². The molecule has 102 valence electrons. The van der Waals surface area contributed by atoms with Crippen LogP contribution in [0, 0.1) is 5.92 Å². The minimum atomic E-state index is 0.337. The van der Waals surface area contributed by atoms with E-state index in [9.17, 15) is 0 Å². The summed E-state index contributed by atoms with van der Waals surface area (Å²) in [4.78, 5) is 2.28. The van der Waals surface area contributed by atoms with Crippen LogP contribution in [0.15, 0.2) is 0 Å². The lowest BCUT2D eigenvalue weighted by molar-refractivity contribution is 0.00471. The maximum Gasteiger partial charge on any atom is 0.0826 e. The minimum Gasteiger partial charge on any atom is -0.380 e. The minimum absolute atomic E-state index is 0.337. The van der Waals surface area contributed by atoms with E-state index >= 15 is 0 Å². The molecule has 1 heterocycles. The summed E-state index contributed by atoms with van der Waals surface area (Å²) in [6.45, 7) is 10.9. The molecule has 0 aromatic rings. The summed E-state index contributed by atoms with van der Waals surface area (Å²) in [5.41, 5.74) is 0. The first-order chi connectivity index (χ1) is 8.18. The Bertz CT molecular complexity index is 182. The molecule has 17 heavy (non-hydrogen) atoms. The first-order valence-corrected chi connectivity index (χ1v) is 6.77. The summed E-state index contributed by atoms with van der Waals surface area (Å²) >= 11 is 0. The fourth-order valence-corrected chi connectivity index (χ4v) is 1.82. The van der Waals surface area contributed by atoms with Crippen molar-refractivity contribution in [3.63, 3.8) is 0 Å². The molecular weight excluding hydrogens is 216 g/mol. The largest absolute Gasteiger partial charge is 0.380 e. The van der Waals surface area contributed by atoms with Crippen molar-refractivity contribution < 1.29 is 9.47 Å². The highest BCUT2D eigenvalue weighted by Crippen LogP contribution is 2.00. The second kappa shape index (κ2) is 8.86. The van der Waals surface area contributed by atoms with Gasteiger partial charge in [0.2, 0.25) is 0 Å². The highest BCUT2D eigenvalue weighted by molar-refractivity contribution is 4.70. The van der Waals surface area contributed by atoms with Gasteiger partial charge in [0.1, 0.15) is 0 Å². The molecule has 1 N–H and O–H groups in total. The molecule has 4 nitrogen and oxygen atoms in total. The first-order valence-electron chi connectivity index (χ1n) is 6.77. The lowest BCUT2D eigenvalue weighted by Crippen LogP contribution is -2.44. The van der Waals surface area contributed by atoms with Gasteiger partial charge in [-0.3, -0.25) is 0 Å². The van der Waals surface area contributed by atoms with E-state index in [4.69, 9.17) is 9.47 Å². The van der Waals surface area contributed by atoms with E-state index in [2.05, 4.69) is 31.1 Å². The van der Waals surface area contributed by atoms with Gasteiger partial charge in [0.15, 0.2) is 0 Å². The molecule has 0 radical (unpaired) electrons. The Kier molecular flexibility index (Phi) is 7.77. The Morgan fingerprint density at radius 1 is 1.41 bits per heavy atom. The van der Waals surface area contributed by atoms with Crippen LogP contribution in [-0.4, -0.2) is 64.1 Å². The van der Waals surface area contributed by atoms with Gasteiger partial charge in [0, 0.05) is 32.8 Å². The third-order valence-electron chi connectivity index (χ3n) is 2.98. The van der Waals surface area contributed by atoms with Crippen LogP contribution in [0.2, 0.25) is 0 Å². The van der Waals surface area contributed by atoms with E-state index in [1.165, 1.54) is 0 Å². The normalized spacial score (nSPS) is 21.4. The van der Waals surface area contributed by atoms with Crippen molar-refractivity contribution in [2.24, 2.45) is 5.92 Å². The van der Waals surface area contributed by atoms with Crippen molar-refractivity contribution in [3.8, 4) is 0 Å². The summed E-state index contributed by atoms with van der Waals surface area (Å²) < 4.78 is 11.3. The fourth-order valence-electron chi connectivity index (χ4n) is 1.82. The Labute approximate surface area is 106 Å². The van der Waals surface area contributed by atoms with Gasteiger partial charge >= 0.3 is 0 Å². The van der Waals surface area contributed by atoms with Crippen molar-refractivity contribution >= 4 is 0 Å². The average molecular weight is 244 g/mol. The predicted molar refractivity (Wildman–Crippen MR) is 70.4 cm³/mol. The standard InChI is InChI=1S/C13H28N2O2/c1-12(2)4-7-16-9-6-15(3)11-13-10-14-5-8-17-13/h12-14H,4-11H2,1-3H3. The first kappa shape index (κ1) is 14.9. The maximum absolute atomic E-state index is 5.66. The van der Waals surface area contributed by atoms with E-state index in [1.54, 1.807) is 0 Å². The summed E-state index contributed by atoms with van der Waals surface area (Å²) in [6, 6.07) is 0. The number of morpholine rings is 1. The van der Waals surface area contributed by atoms with Crippen molar-refractivity contribution in [2.45, 2.75) is 26.4 Å².